The summed E-state index contributed by atoms with van der Waals surface area (Å²) in [7, 11) is 0. The van der Waals surface area contributed by atoms with Gasteiger partial charge in [0, 0.05) is 11.0 Å². The third-order valence-electron chi connectivity index (χ3n) is 9.47. The Balaban J connectivity index is 1.60. The summed E-state index contributed by atoms with van der Waals surface area (Å²) in [5.74, 6) is 3.13. The van der Waals surface area contributed by atoms with Gasteiger partial charge in [0.1, 0.15) is 5.76 Å². The molecule has 2 saturated carbocycles. The Bertz CT molecular complexity index is 788. The second kappa shape index (κ2) is 4.84. The summed E-state index contributed by atoms with van der Waals surface area (Å²) < 4.78 is 5.69. The molecule has 1 heterocycles. The van der Waals surface area contributed by atoms with Crippen LogP contribution in [0.1, 0.15) is 78.0 Å². The first-order valence-electron chi connectivity index (χ1n) is 10.5. The third kappa shape index (κ3) is 1.81. The van der Waals surface area contributed by atoms with Crippen LogP contribution in [0.5, 0.6) is 0 Å². The first-order valence-corrected chi connectivity index (χ1v) is 10.5. The molecule has 0 aromatic carbocycles. The number of aromatic nitrogens is 1. The van der Waals surface area contributed by atoms with E-state index in [0.29, 0.717) is 17.8 Å². The maximum absolute atomic E-state index is 11.1. The molecule has 3 nitrogen and oxygen atoms in total. The molecule has 1 aromatic rings. The normalized spacial score (nSPS) is 48.8. The zero-order valence-corrected chi connectivity index (χ0v) is 16.9. The van der Waals surface area contributed by atoms with Gasteiger partial charge in [0.15, 0.2) is 0 Å². The number of hydrogen-bond acceptors (Lipinski definition) is 3. The largest absolute Gasteiger partial charge is 0.390 e. The van der Waals surface area contributed by atoms with Gasteiger partial charge in [-0.2, -0.15) is 0 Å². The van der Waals surface area contributed by atoms with Crippen LogP contribution in [0.2, 0.25) is 0 Å². The van der Waals surface area contributed by atoms with Crippen molar-refractivity contribution in [1.29, 1.82) is 0 Å². The van der Waals surface area contributed by atoms with E-state index in [1.165, 1.54) is 24.8 Å². The lowest BCUT2D eigenvalue weighted by molar-refractivity contribution is -0.113. The van der Waals surface area contributed by atoms with E-state index < -0.39 is 5.60 Å². The molecule has 4 aliphatic rings. The Morgan fingerprint density at radius 2 is 1.81 bits per heavy atom. The monoisotopic (exact) mass is 355 g/mol. The molecule has 0 bridgehead atoms. The summed E-state index contributed by atoms with van der Waals surface area (Å²) in [6, 6.07) is 0. The molecule has 0 aliphatic heterocycles. The molecule has 0 amide bonds. The van der Waals surface area contributed by atoms with Crippen LogP contribution in [0.25, 0.3) is 0 Å². The Morgan fingerprint density at radius 1 is 1.08 bits per heavy atom. The highest BCUT2D eigenvalue weighted by Crippen LogP contribution is 2.68. The Hall–Kier alpha value is -1.09. The summed E-state index contributed by atoms with van der Waals surface area (Å²) in [4.78, 5) is 0. The number of hydrogen-bond donors (Lipinski definition) is 1. The van der Waals surface area contributed by atoms with Crippen molar-refractivity contribution in [3.63, 3.8) is 0 Å². The summed E-state index contributed by atoms with van der Waals surface area (Å²) in [6.07, 6.45) is 11.3. The lowest BCUT2D eigenvalue weighted by Crippen LogP contribution is -2.55. The summed E-state index contributed by atoms with van der Waals surface area (Å²) >= 11 is 0. The molecule has 0 radical (unpaired) electrons. The van der Waals surface area contributed by atoms with Gasteiger partial charge < -0.3 is 9.63 Å². The van der Waals surface area contributed by atoms with Gasteiger partial charge in [-0.15, -0.1) is 0 Å². The minimum Gasteiger partial charge on any atom is -0.390 e. The number of fused-ring (bicyclic) bond motifs is 6. The van der Waals surface area contributed by atoms with Crippen LogP contribution in [0, 0.1) is 28.6 Å². The van der Waals surface area contributed by atoms with Crippen molar-refractivity contribution in [2.24, 2.45) is 28.6 Å². The number of nitrogens with zero attached hydrogens (tertiary/aromatic N) is 1. The smallest absolute Gasteiger partial charge is 0.149 e. The fourth-order valence-electron chi connectivity index (χ4n) is 7.95. The SMILES string of the molecule is CC1(C)C2=CC[C@H]3[C@H]4CC[C@@](C)(O)[C@]4(C)CC[C@@H]3[C@@]2(C)Cc2cnoc21. The van der Waals surface area contributed by atoms with Crippen molar-refractivity contribution in [1.82, 2.24) is 5.16 Å². The van der Waals surface area contributed by atoms with Crippen molar-refractivity contribution >= 4 is 0 Å². The molecule has 4 aliphatic carbocycles. The Kier molecular flexibility index (Phi) is 3.17. The van der Waals surface area contributed by atoms with Crippen LogP contribution in [-0.4, -0.2) is 15.9 Å². The average molecular weight is 356 g/mol. The molecule has 2 fully saturated rings. The molecular weight excluding hydrogens is 322 g/mol. The molecule has 1 N–H and O–H groups in total. The van der Waals surface area contributed by atoms with Gasteiger partial charge in [-0.25, -0.2) is 0 Å². The first kappa shape index (κ1) is 17.0. The molecule has 0 spiro atoms. The zero-order valence-electron chi connectivity index (χ0n) is 16.9. The number of rotatable bonds is 0. The van der Waals surface area contributed by atoms with Crippen molar-refractivity contribution < 1.29 is 9.63 Å². The van der Waals surface area contributed by atoms with Gasteiger partial charge in [0.25, 0.3) is 0 Å². The van der Waals surface area contributed by atoms with E-state index in [-0.39, 0.29) is 16.2 Å². The molecule has 6 atom stereocenters. The Morgan fingerprint density at radius 3 is 2.58 bits per heavy atom. The van der Waals surface area contributed by atoms with Gasteiger partial charge in [-0.3, -0.25) is 0 Å². The van der Waals surface area contributed by atoms with Gasteiger partial charge in [-0.05, 0) is 87.9 Å². The number of aliphatic hydroxyl groups is 1. The van der Waals surface area contributed by atoms with E-state index in [4.69, 9.17) is 4.52 Å². The van der Waals surface area contributed by atoms with Crippen LogP contribution in [0.15, 0.2) is 22.4 Å². The average Bonchev–Trinajstić information content (AvgIpc) is 3.10. The minimum atomic E-state index is -0.499. The molecule has 0 unspecified atom stereocenters. The maximum Gasteiger partial charge on any atom is 0.149 e. The fraction of sp³-hybridized carbons (Fsp3) is 0.783. The third-order valence-corrected chi connectivity index (χ3v) is 9.47. The van der Waals surface area contributed by atoms with Crippen LogP contribution in [0.4, 0.5) is 0 Å². The van der Waals surface area contributed by atoms with E-state index in [1.807, 2.05) is 6.20 Å². The van der Waals surface area contributed by atoms with Gasteiger partial charge in [-0.1, -0.05) is 30.7 Å². The summed E-state index contributed by atoms with van der Waals surface area (Å²) in [6.45, 7) is 11.6. The zero-order chi connectivity index (χ0) is 18.5. The Labute approximate surface area is 157 Å². The summed E-state index contributed by atoms with van der Waals surface area (Å²) in [5, 5.41) is 15.2. The second-order valence-electron chi connectivity index (χ2n) is 10.9. The van der Waals surface area contributed by atoms with Crippen molar-refractivity contribution in [3.8, 4) is 0 Å². The lowest BCUT2D eigenvalue weighted by Gasteiger charge is -2.60. The van der Waals surface area contributed by atoms with E-state index in [2.05, 4.69) is 45.9 Å². The number of allylic oxidation sites excluding steroid dienone is 2. The van der Waals surface area contributed by atoms with Crippen molar-refractivity contribution in [2.45, 2.75) is 84.2 Å². The highest BCUT2D eigenvalue weighted by atomic mass is 16.5. The van der Waals surface area contributed by atoms with Gasteiger partial charge in [0.05, 0.1) is 11.8 Å². The highest BCUT2D eigenvalue weighted by Gasteiger charge is 2.63. The van der Waals surface area contributed by atoms with Crippen LogP contribution in [-0.2, 0) is 11.8 Å². The van der Waals surface area contributed by atoms with Gasteiger partial charge in [0.2, 0.25) is 0 Å². The predicted molar refractivity (Wildman–Crippen MR) is 102 cm³/mol. The molecule has 26 heavy (non-hydrogen) atoms. The van der Waals surface area contributed by atoms with Crippen molar-refractivity contribution in [2.75, 3.05) is 0 Å². The molecule has 5 rings (SSSR count). The standard InChI is InChI=1S/C23H33NO2/c1-20(2)18-7-6-15-16(21(18,3)12-14-13-24-26-19(14)20)8-10-22(4)17(15)9-11-23(22,5)25/h7,13,15-17,25H,6,8-12H2,1-5H3/t15-,16+,17-,21-,22-,23-/m1/s1. The van der Waals surface area contributed by atoms with Crippen molar-refractivity contribution in [3.05, 3.63) is 29.2 Å². The lowest BCUT2D eigenvalue weighted by atomic mass is 9.44. The van der Waals surface area contributed by atoms with Crippen LogP contribution < -0.4 is 0 Å². The molecule has 3 heteroatoms. The minimum absolute atomic E-state index is 0.0638. The molecule has 0 saturated heterocycles. The quantitative estimate of drug-likeness (QED) is 0.663. The highest BCUT2D eigenvalue weighted by molar-refractivity contribution is 5.44. The summed E-state index contributed by atoms with van der Waals surface area (Å²) in [5.41, 5.74) is 2.60. The first-order chi connectivity index (χ1) is 12.1. The van der Waals surface area contributed by atoms with E-state index in [0.717, 1.165) is 25.0 Å². The van der Waals surface area contributed by atoms with E-state index >= 15 is 0 Å². The van der Waals surface area contributed by atoms with Crippen LogP contribution >= 0.6 is 0 Å². The van der Waals surface area contributed by atoms with E-state index in [9.17, 15) is 5.11 Å². The van der Waals surface area contributed by atoms with Gasteiger partial charge >= 0.3 is 0 Å². The second-order valence-corrected chi connectivity index (χ2v) is 10.9. The predicted octanol–water partition coefficient (Wildman–Crippen LogP) is 5.04. The molecular formula is C23H33NO2. The fourth-order valence-corrected chi connectivity index (χ4v) is 7.95. The van der Waals surface area contributed by atoms with Crippen LogP contribution in [0.3, 0.4) is 0 Å². The topological polar surface area (TPSA) is 46.3 Å². The molecule has 1 aromatic heterocycles. The van der Waals surface area contributed by atoms with E-state index in [1.54, 1.807) is 5.57 Å². The molecule has 142 valence electrons. The maximum atomic E-state index is 11.1.